The molecular weight excluding hydrogens is 236 g/mol. The smallest absolute Gasteiger partial charge is 0.231 e. The van der Waals surface area contributed by atoms with Crippen molar-refractivity contribution in [3.05, 3.63) is 35.9 Å². The van der Waals surface area contributed by atoms with Crippen molar-refractivity contribution in [2.24, 2.45) is 11.1 Å². The summed E-state index contributed by atoms with van der Waals surface area (Å²) in [6, 6.07) is 9.92. The molecule has 1 aromatic rings. The van der Waals surface area contributed by atoms with E-state index in [2.05, 4.69) is 27.7 Å². The van der Waals surface area contributed by atoms with Gasteiger partial charge in [-0.3, -0.25) is 4.79 Å². The van der Waals surface area contributed by atoms with Crippen molar-refractivity contribution < 1.29 is 4.79 Å². The van der Waals surface area contributed by atoms with Gasteiger partial charge in [0.25, 0.3) is 0 Å². The van der Waals surface area contributed by atoms with Crippen molar-refractivity contribution >= 4 is 5.91 Å². The highest BCUT2D eigenvalue weighted by Gasteiger charge is 2.30. The summed E-state index contributed by atoms with van der Waals surface area (Å²) in [6.07, 6.45) is 0. The van der Waals surface area contributed by atoms with Gasteiger partial charge in [-0.05, 0) is 17.9 Å². The van der Waals surface area contributed by atoms with Gasteiger partial charge in [0.05, 0.1) is 5.92 Å². The van der Waals surface area contributed by atoms with E-state index in [0.717, 1.165) is 5.56 Å². The normalized spacial score (nSPS) is 14.8. The Labute approximate surface area is 116 Å². The summed E-state index contributed by atoms with van der Waals surface area (Å²) in [7, 11) is 1.86. The summed E-state index contributed by atoms with van der Waals surface area (Å²) in [4.78, 5) is 14.4. The van der Waals surface area contributed by atoms with Crippen LogP contribution in [0.4, 0.5) is 0 Å². The number of amides is 1. The standard InChI is InChI=1S/C16H26N2O/c1-12(16(2,3)4)18(5)15(19)14(11-17)13-9-7-6-8-10-13/h6-10,12,14H,11,17H2,1-5H3. The lowest BCUT2D eigenvalue weighted by Gasteiger charge is -2.37. The molecule has 0 aliphatic heterocycles. The number of benzene rings is 1. The molecule has 0 radical (unpaired) electrons. The van der Waals surface area contributed by atoms with Crippen molar-refractivity contribution in [3.8, 4) is 0 Å². The average Bonchev–Trinajstić information content (AvgIpc) is 2.38. The number of likely N-dealkylation sites (N-methyl/N-ethyl adjacent to an activating group) is 1. The van der Waals surface area contributed by atoms with E-state index in [9.17, 15) is 4.79 Å². The second kappa shape index (κ2) is 6.20. The predicted octanol–water partition coefficient (Wildman–Crippen LogP) is 2.62. The van der Waals surface area contributed by atoms with Crippen LogP contribution in [0.5, 0.6) is 0 Å². The van der Waals surface area contributed by atoms with Gasteiger partial charge in [0.2, 0.25) is 5.91 Å². The summed E-state index contributed by atoms with van der Waals surface area (Å²) in [6.45, 7) is 8.84. The molecule has 1 rings (SSSR count). The Hall–Kier alpha value is -1.35. The largest absolute Gasteiger partial charge is 0.342 e. The van der Waals surface area contributed by atoms with Crippen LogP contribution in [0.2, 0.25) is 0 Å². The highest BCUT2D eigenvalue weighted by atomic mass is 16.2. The van der Waals surface area contributed by atoms with Crippen LogP contribution < -0.4 is 5.73 Å². The molecule has 0 aromatic heterocycles. The maximum Gasteiger partial charge on any atom is 0.231 e. The third-order valence-corrected chi connectivity index (χ3v) is 3.92. The summed E-state index contributed by atoms with van der Waals surface area (Å²) in [5.41, 5.74) is 6.85. The van der Waals surface area contributed by atoms with Crippen molar-refractivity contribution in [3.63, 3.8) is 0 Å². The first-order valence-electron chi connectivity index (χ1n) is 6.80. The van der Waals surface area contributed by atoms with Gasteiger partial charge in [0, 0.05) is 19.6 Å². The molecule has 3 heteroatoms. The van der Waals surface area contributed by atoms with E-state index in [4.69, 9.17) is 5.73 Å². The van der Waals surface area contributed by atoms with E-state index in [-0.39, 0.29) is 23.3 Å². The zero-order valence-electron chi connectivity index (χ0n) is 12.7. The molecule has 1 amide bonds. The van der Waals surface area contributed by atoms with Gasteiger partial charge in [-0.2, -0.15) is 0 Å². The Morgan fingerprint density at radius 1 is 1.26 bits per heavy atom. The van der Waals surface area contributed by atoms with Gasteiger partial charge in [-0.1, -0.05) is 51.1 Å². The molecule has 0 saturated carbocycles. The van der Waals surface area contributed by atoms with Crippen molar-refractivity contribution in [2.75, 3.05) is 13.6 Å². The lowest BCUT2D eigenvalue weighted by molar-refractivity contribution is -0.135. The van der Waals surface area contributed by atoms with E-state index in [1.54, 1.807) is 0 Å². The molecule has 2 N–H and O–H groups in total. The van der Waals surface area contributed by atoms with Crippen LogP contribution >= 0.6 is 0 Å². The molecular formula is C16H26N2O. The molecule has 106 valence electrons. The molecule has 3 nitrogen and oxygen atoms in total. The van der Waals surface area contributed by atoms with Gasteiger partial charge in [0.1, 0.15) is 0 Å². The minimum absolute atomic E-state index is 0.0558. The van der Waals surface area contributed by atoms with Gasteiger partial charge in [-0.15, -0.1) is 0 Å². The van der Waals surface area contributed by atoms with Crippen molar-refractivity contribution in [2.45, 2.75) is 39.7 Å². The minimum atomic E-state index is -0.254. The quantitative estimate of drug-likeness (QED) is 0.906. The maximum absolute atomic E-state index is 12.6. The third-order valence-electron chi connectivity index (χ3n) is 3.92. The number of carbonyl (C=O) groups excluding carboxylic acids is 1. The first-order chi connectivity index (χ1) is 8.79. The first kappa shape index (κ1) is 15.7. The van der Waals surface area contributed by atoms with Crippen LogP contribution in [0, 0.1) is 5.41 Å². The highest BCUT2D eigenvalue weighted by Crippen LogP contribution is 2.26. The lowest BCUT2D eigenvalue weighted by Crippen LogP contribution is -2.46. The molecule has 0 heterocycles. The Morgan fingerprint density at radius 3 is 2.21 bits per heavy atom. The summed E-state index contributed by atoms with van der Waals surface area (Å²) in [5.74, 6) is -0.160. The fourth-order valence-corrected chi connectivity index (χ4v) is 2.08. The van der Waals surface area contributed by atoms with Gasteiger partial charge in [0.15, 0.2) is 0 Å². The van der Waals surface area contributed by atoms with Crippen LogP contribution in [0.25, 0.3) is 0 Å². The van der Waals surface area contributed by atoms with Crippen LogP contribution in [0.15, 0.2) is 30.3 Å². The van der Waals surface area contributed by atoms with Gasteiger partial charge < -0.3 is 10.6 Å². The van der Waals surface area contributed by atoms with Crippen molar-refractivity contribution in [1.29, 1.82) is 0 Å². The maximum atomic E-state index is 12.6. The number of hydrogen-bond acceptors (Lipinski definition) is 2. The SMILES string of the molecule is CC(N(C)C(=O)C(CN)c1ccccc1)C(C)(C)C. The minimum Gasteiger partial charge on any atom is -0.342 e. The first-order valence-corrected chi connectivity index (χ1v) is 6.80. The van der Waals surface area contributed by atoms with E-state index >= 15 is 0 Å². The molecule has 0 fully saturated rings. The number of nitrogens with zero attached hydrogens (tertiary/aromatic N) is 1. The summed E-state index contributed by atoms with van der Waals surface area (Å²) >= 11 is 0. The summed E-state index contributed by atoms with van der Waals surface area (Å²) < 4.78 is 0. The van der Waals surface area contributed by atoms with E-state index in [1.807, 2.05) is 42.3 Å². The van der Waals surface area contributed by atoms with Crippen LogP contribution in [-0.4, -0.2) is 30.4 Å². The molecule has 0 spiro atoms. The topological polar surface area (TPSA) is 46.3 Å². The molecule has 0 bridgehead atoms. The second-order valence-corrected chi connectivity index (χ2v) is 6.19. The Balaban J connectivity index is 2.91. The van der Waals surface area contributed by atoms with Crippen LogP contribution in [0.3, 0.4) is 0 Å². The van der Waals surface area contributed by atoms with E-state index in [0.29, 0.717) is 6.54 Å². The fraction of sp³-hybridized carbons (Fsp3) is 0.562. The van der Waals surface area contributed by atoms with E-state index < -0.39 is 0 Å². The zero-order chi connectivity index (χ0) is 14.6. The lowest BCUT2D eigenvalue weighted by atomic mass is 9.86. The molecule has 2 unspecified atom stereocenters. The number of hydrogen-bond donors (Lipinski definition) is 1. The number of nitrogens with two attached hydrogens (primary N) is 1. The molecule has 1 aromatic carbocycles. The molecule has 2 atom stereocenters. The highest BCUT2D eigenvalue weighted by molar-refractivity contribution is 5.84. The molecule has 19 heavy (non-hydrogen) atoms. The third kappa shape index (κ3) is 3.80. The van der Waals surface area contributed by atoms with Crippen LogP contribution in [-0.2, 0) is 4.79 Å². The fourth-order valence-electron chi connectivity index (χ4n) is 2.08. The van der Waals surface area contributed by atoms with Gasteiger partial charge in [-0.25, -0.2) is 0 Å². The Morgan fingerprint density at radius 2 is 1.79 bits per heavy atom. The monoisotopic (exact) mass is 262 g/mol. The van der Waals surface area contributed by atoms with Crippen LogP contribution in [0.1, 0.15) is 39.2 Å². The predicted molar refractivity (Wildman–Crippen MR) is 79.9 cm³/mol. The van der Waals surface area contributed by atoms with Crippen molar-refractivity contribution in [1.82, 2.24) is 4.90 Å². The Bertz CT molecular complexity index is 409. The van der Waals surface area contributed by atoms with E-state index in [1.165, 1.54) is 0 Å². The average molecular weight is 262 g/mol. The zero-order valence-corrected chi connectivity index (χ0v) is 12.7. The number of carbonyl (C=O) groups is 1. The summed E-state index contributed by atoms with van der Waals surface area (Å²) in [5, 5.41) is 0. The van der Waals surface area contributed by atoms with Gasteiger partial charge >= 0.3 is 0 Å². The number of rotatable bonds is 4. The molecule has 0 aliphatic carbocycles. The Kier molecular flexibility index (Phi) is 5.12. The molecule has 0 saturated heterocycles. The molecule has 0 aliphatic rings. The second-order valence-electron chi connectivity index (χ2n) is 6.19.